The average molecular weight is 289 g/mol. The van der Waals surface area contributed by atoms with Crippen molar-refractivity contribution in [2.24, 2.45) is 5.84 Å². The summed E-state index contributed by atoms with van der Waals surface area (Å²) >= 11 is 0. The molecule has 1 aromatic heterocycles. The summed E-state index contributed by atoms with van der Waals surface area (Å²) in [7, 11) is 3.59. The topological polar surface area (TPSA) is 80.7 Å². The van der Waals surface area contributed by atoms with E-state index in [2.05, 4.69) is 5.43 Å². The Balaban J connectivity index is 2.21. The van der Waals surface area contributed by atoms with E-state index in [1.54, 1.807) is 13.2 Å². The number of furan rings is 1. The second-order valence-electron chi connectivity index (χ2n) is 4.69. The first-order chi connectivity index (χ1) is 10.1. The maximum absolute atomic E-state index is 11.5. The number of para-hydroxylation sites is 2. The molecule has 0 saturated heterocycles. The van der Waals surface area contributed by atoms with Crippen LogP contribution in [0.5, 0.6) is 5.75 Å². The van der Waals surface area contributed by atoms with Gasteiger partial charge in [0.2, 0.25) is 0 Å². The standard InChI is InChI=1S/C15H19N3O3/c1-10-11(8-14(21-10)15(19)17-16)9-18(2)12-6-4-5-7-13(12)20-3/h4-8H,9,16H2,1-3H3,(H,17,19). The predicted octanol–water partition coefficient (Wildman–Crippen LogP) is 1.84. The molecule has 1 heterocycles. The fourth-order valence-corrected chi connectivity index (χ4v) is 2.15. The summed E-state index contributed by atoms with van der Waals surface area (Å²) in [6, 6.07) is 9.44. The number of nitrogens with two attached hydrogens (primary N) is 1. The van der Waals surface area contributed by atoms with Crippen LogP contribution in [0.25, 0.3) is 0 Å². The van der Waals surface area contributed by atoms with Gasteiger partial charge in [0.25, 0.3) is 0 Å². The molecule has 0 atom stereocenters. The van der Waals surface area contributed by atoms with Crippen molar-refractivity contribution in [3.05, 3.63) is 47.4 Å². The van der Waals surface area contributed by atoms with Gasteiger partial charge in [-0.25, -0.2) is 5.84 Å². The van der Waals surface area contributed by atoms with E-state index in [4.69, 9.17) is 15.0 Å². The number of anilines is 1. The molecule has 2 rings (SSSR count). The second kappa shape index (κ2) is 6.32. The maximum Gasteiger partial charge on any atom is 0.300 e. The molecule has 0 aliphatic heterocycles. The molecule has 0 spiro atoms. The molecule has 0 aliphatic rings. The maximum atomic E-state index is 11.5. The molecule has 2 aromatic rings. The van der Waals surface area contributed by atoms with Crippen molar-refractivity contribution in [2.75, 3.05) is 19.1 Å². The molecule has 21 heavy (non-hydrogen) atoms. The zero-order valence-electron chi connectivity index (χ0n) is 12.3. The molecule has 1 aromatic carbocycles. The molecule has 0 saturated carbocycles. The Labute approximate surface area is 123 Å². The first kappa shape index (κ1) is 14.9. The highest BCUT2D eigenvalue weighted by Gasteiger charge is 2.16. The van der Waals surface area contributed by atoms with Gasteiger partial charge in [-0.05, 0) is 25.1 Å². The third-order valence-corrected chi connectivity index (χ3v) is 3.28. The van der Waals surface area contributed by atoms with E-state index in [1.165, 1.54) is 0 Å². The highest BCUT2D eigenvalue weighted by molar-refractivity contribution is 5.91. The number of carbonyl (C=O) groups excluding carboxylic acids is 1. The summed E-state index contributed by atoms with van der Waals surface area (Å²) < 4.78 is 10.8. The normalized spacial score (nSPS) is 10.3. The van der Waals surface area contributed by atoms with E-state index in [-0.39, 0.29) is 5.76 Å². The average Bonchev–Trinajstić information content (AvgIpc) is 2.87. The molecular formula is C15H19N3O3. The van der Waals surface area contributed by atoms with Crippen LogP contribution in [0.4, 0.5) is 5.69 Å². The first-order valence-electron chi connectivity index (χ1n) is 6.51. The van der Waals surface area contributed by atoms with Crippen LogP contribution in [0.3, 0.4) is 0 Å². The number of nitrogen functional groups attached to an aromatic ring is 1. The summed E-state index contributed by atoms with van der Waals surface area (Å²) in [5, 5.41) is 0. The van der Waals surface area contributed by atoms with Gasteiger partial charge in [0.15, 0.2) is 5.76 Å². The lowest BCUT2D eigenvalue weighted by atomic mass is 10.2. The molecule has 3 N–H and O–H groups in total. The molecule has 0 radical (unpaired) electrons. The van der Waals surface area contributed by atoms with Crippen LogP contribution in [0.15, 0.2) is 34.7 Å². The zero-order chi connectivity index (χ0) is 15.4. The Morgan fingerprint density at radius 1 is 1.43 bits per heavy atom. The van der Waals surface area contributed by atoms with Crippen molar-refractivity contribution < 1.29 is 13.9 Å². The van der Waals surface area contributed by atoms with Crippen molar-refractivity contribution in [2.45, 2.75) is 13.5 Å². The van der Waals surface area contributed by atoms with Gasteiger partial charge in [0, 0.05) is 19.2 Å². The van der Waals surface area contributed by atoms with E-state index < -0.39 is 5.91 Å². The van der Waals surface area contributed by atoms with Crippen LogP contribution >= 0.6 is 0 Å². The number of methoxy groups -OCH3 is 1. The van der Waals surface area contributed by atoms with E-state index in [1.807, 2.05) is 43.1 Å². The fourth-order valence-electron chi connectivity index (χ4n) is 2.15. The largest absolute Gasteiger partial charge is 0.495 e. The van der Waals surface area contributed by atoms with Crippen molar-refractivity contribution >= 4 is 11.6 Å². The highest BCUT2D eigenvalue weighted by Crippen LogP contribution is 2.28. The van der Waals surface area contributed by atoms with E-state index in [0.29, 0.717) is 12.3 Å². The van der Waals surface area contributed by atoms with Crippen molar-refractivity contribution in [3.8, 4) is 5.75 Å². The molecule has 112 valence electrons. The molecular weight excluding hydrogens is 270 g/mol. The van der Waals surface area contributed by atoms with Gasteiger partial charge < -0.3 is 14.1 Å². The monoisotopic (exact) mass is 289 g/mol. The molecule has 0 fully saturated rings. The van der Waals surface area contributed by atoms with Crippen LogP contribution in [0.1, 0.15) is 21.9 Å². The number of nitrogens with one attached hydrogen (secondary N) is 1. The number of hydrogen-bond acceptors (Lipinski definition) is 5. The number of aryl methyl sites for hydroxylation is 1. The van der Waals surface area contributed by atoms with Crippen molar-refractivity contribution in [3.63, 3.8) is 0 Å². The molecule has 0 bridgehead atoms. The van der Waals surface area contributed by atoms with Crippen LogP contribution in [0.2, 0.25) is 0 Å². The Morgan fingerprint density at radius 3 is 2.81 bits per heavy atom. The number of ether oxygens (including phenoxy) is 1. The SMILES string of the molecule is COc1ccccc1N(C)Cc1cc(C(=O)NN)oc1C. The van der Waals surface area contributed by atoms with Crippen LogP contribution in [-0.4, -0.2) is 20.1 Å². The summed E-state index contributed by atoms with van der Waals surface area (Å²) in [5.41, 5.74) is 3.94. The number of benzene rings is 1. The van der Waals surface area contributed by atoms with Gasteiger partial charge in [-0.3, -0.25) is 10.2 Å². The van der Waals surface area contributed by atoms with Gasteiger partial charge in [-0.1, -0.05) is 12.1 Å². The lowest BCUT2D eigenvalue weighted by molar-refractivity contribution is 0.0924. The summed E-state index contributed by atoms with van der Waals surface area (Å²) in [4.78, 5) is 13.5. The molecule has 1 amide bonds. The number of hydrazine groups is 1. The Kier molecular flexibility index (Phi) is 4.49. The lowest BCUT2D eigenvalue weighted by Crippen LogP contribution is -2.29. The van der Waals surface area contributed by atoms with E-state index >= 15 is 0 Å². The number of nitrogens with zero attached hydrogens (tertiary/aromatic N) is 1. The van der Waals surface area contributed by atoms with Crippen molar-refractivity contribution in [1.29, 1.82) is 0 Å². The predicted molar refractivity (Wildman–Crippen MR) is 80.2 cm³/mol. The number of carbonyl (C=O) groups is 1. The minimum absolute atomic E-state index is 0.207. The summed E-state index contributed by atoms with van der Waals surface area (Å²) in [6.07, 6.45) is 0. The lowest BCUT2D eigenvalue weighted by Gasteiger charge is -2.21. The first-order valence-corrected chi connectivity index (χ1v) is 6.51. The third-order valence-electron chi connectivity index (χ3n) is 3.28. The van der Waals surface area contributed by atoms with Crippen LogP contribution < -0.4 is 20.9 Å². The van der Waals surface area contributed by atoms with Crippen LogP contribution in [0, 0.1) is 6.92 Å². The van der Waals surface area contributed by atoms with Gasteiger partial charge in [0.05, 0.1) is 12.8 Å². The Morgan fingerprint density at radius 2 is 2.14 bits per heavy atom. The minimum atomic E-state index is -0.440. The highest BCUT2D eigenvalue weighted by atomic mass is 16.5. The minimum Gasteiger partial charge on any atom is -0.495 e. The van der Waals surface area contributed by atoms with Crippen LogP contribution in [-0.2, 0) is 6.54 Å². The van der Waals surface area contributed by atoms with Crippen molar-refractivity contribution in [1.82, 2.24) is 5.43 Å². The summed E-state index contributed by atoms with van der Waals surface area (Å²) in [5.74, 6) is 6.36. The summed E-state index contributed by atoms with van der Waals surface area (Å²) in [6.45, 7) is 2.41. The van der Waals surface area contributed by atoms with Gasteiger partial charge in [-0.2, -0.15) is 0 Å². The van der Waals surface area contributed by atoms with Gasteiger partial charge in [0.1, 0.15) is 11.5 Å². The second-order valence-corrected chi connectivity index (χ2v) is 4.69. The number of hydrogen-bond donors (Lipinski definition) is 2. The quantitative estimate of drug-likeness (QED) is 0.498. The number of amides is 1. The third kappa shape index (κ3) is 3.17. The van der Waals surface area contributed by atoms with E-state index in [9.17, 15) is 4.79 Å². The molecule has 0 aliphatic carbocycles. The van der Waals surface area contributed by atoms with Gasteiger partial charge in [-0.15, -0.1) is 0 Å². The van der Waals surface area contributed by atoms with Gasteiger partial charge >= 0.3 is 5.91 Å². The molecule has 0 unspecified atom stereocenters. The van der Waals surface area contributed by atoms with E-state index in [0.717, 1.165) is 17.0 Å². The smallest absolute Gasteiger partial charge is 0.300 e. The number of rotatable bonds is 5. The Bertz CT molecular complexity index is 637. The zero-order valence-corrected chi connectivity index (χ0v) is 12.3. The molecule has 6 heteroatoms. The molecule has 6 nitrogen and oxygen atoms in total. The Hall–Kier alpha value is -2.47. The fraction of sp³-hybridized carbons (Fsp3) is 0.267.